The number of aryl methyl sites for hydroxylation is 1. The zero-order valence-corrected chi connectivity index (χ0v) is 23.9. The molecule has 12 nitrogen and oxygen atoms in total. The quantitative estimate of drug-likeness (QED) is 0.242. The number of hydrogen-bond donors (Lipinski definition) is 4. The van der Waals surface area contributed by atoms with E-state index in [1.54, 1.807) is 19.4 Å². The lowest BCUT2D eigenvalue weighted by molar-refractivity contribution is -0.148. The predicted octanol–water partition coefficient (Wildman–Crippen LogP) is 4.25. The molecule has 0 spiro atoms. The van der Waals surface area contributed by atoms with Gasteiger partial charge in [-0.15, -0.1) is 0 Å². The first kappa shape index (κ1) is 27.8. The third kappa shape index (κ3) is 5.56. The van der Waals surface area contributed by atoms with Crippen molar-refractivity contribution >= 4 is 23.4 Å². The zero-order valence-electron chi connectivity index (χ0n) is 23.9. The molecule has 1 fully saturated rings. The van der Waals surface area contributed by atoms with E-state index in [0.717, 1.165) is 65.7 Å². The zero-order chi connectivity index (χ0) is 29.3. The fraction of sp³-hybridized carbons (Fsp3) is 0.448. The number of amides is 1. The minimum Gasteiger partial charge on any atom is -0.370 e. The van der Waals surface area contributed by atoms with Crippen molar-refractivity contribution in [3.63, 3.8) is 0 Å². The molecule has 6 rings (SSSR count). The molecule has 13 heteroatoms. The molecule has 0 saturated heterocycles. The first-order valence-electron chi connectivity index (χ1n) is 14.3. The fourth-order valence-electron chi connectivity index (χ4n) is 5.74. The topological polar surface area (TPSA) is 148 Å². The summed E-state index contributed by atoms with van der Waals surface area (Å²) in [4.78, 5) is 27.8. The average molecular weight is 575 g/mol. The maximum absolute atomic E-state index is 13.5. The maximum atomic E-state index is 13.5. The van der Waals surface area contributed by atoms with Gasteiger partial charge in [-0.05, 0) is 64.0 Å². The van der Waals surface area contributed by atoms with Crippen LogP contribution in [0.1, 0.15) is 73.6 Å². The highest BCUT2D eigenvalue weighted by atomic mass is 19.1. The number of anilines is 3. The highest BCUT2D eigenvalue weighted by Gasteiger charge is 2.43. The number of methoxy groups -OCH3 is 1. The maximum Gasteiger partial charge on any atom is 0.252 e. The van der Waals surface area contributed by atoms with Gasteiger partial charge in [-0.3, -0.25) is 9.89 Å². The summed E-state index contributed by atoms with van der Waals surface area (Å²) in [5, 5.41) is 21.1. The van der Waals surface area contributed by atoms with Crippen LogP contribution in [0.3, 0.4) is 0 Å². The summed E-state index contributed by atoms with van der Waals surface area (Å²) in [6, 6.07) is 5.24. The number of H-pyrrole nitrogens is 1. The van der Waals surface area contributed by atoms with Crippen LogP contribution in [-0.2, 0) is 16.0 Å². The lowest BCUT2D eigenvalue weighted by atomic mass is 9.77. The van der Waals surface area contributed by atoms with E-state index in [1.807, 2.05) is 26.0 Å². The molecule has 0 radical (unpaired) electrons. The highest BCUT2D eigenvalue weighted by molar-refractivity contribution is 5.85. The summed E-state index contributed by atoms with van der Waals surface area (Å²) in [5.41, 5.74) is 1.92. The number of nitrogens with zero attached hydrogens (tertiary/aromatic N) is 6. The molecule has 0 bridgehead atoms. The van der Waals surface area contributed by atoms with E-state index < -0.39 is 11.4 Å². The Labute approximate surface area is 242 Å². The molecule has 1 amide bonds. The number of carbonyl (C=O) groups is 1. The average Bonchev–Trinajstić information content (AvgIpc) is 3.64. The van der Waals surface area contributed by atoms with Crippen molar-refractivity contribution in [1.29, 1.82) is 0 Å². The van der Waals surface area contributed by atoms with E-state index in [4.69, 9.17) is 14.7 Å². The van der Waals surface area contributed by atoms with Crippen LogP contribution in [0.15, 0.2) is 36.8 Å². The van der Waals surface area contributed by atoms with Gasteiger partial charge >= 0.3 is 0 Å². The summed E-state index contributed by atoms with van der Waals surface area (Å²) < 4.78 is 20.6. The smallest absolute Gasteiger partial charge is 0.252 e. The molecule has 0 unspecified atom stereocenters. The molecular weight excluding hydrogens is 539 g/mol. The Bertz CT molecular complexity index is 1560. The van der Waals surface area contributed by atoms with E-state index in [2.05, 4.69) is 36.2 Å². The largest absolute Gasteiger partial charge is 0.370 e. The first-order chi connectivity index (χ1) is 20.3. The third-order valence-electron chi connectivity index (χ3n) is 8.24. The van der Waals surface area contributed by atoms with Crippen molar-refractivity contribution in [3.8, 4) is 5.82 Å². The van der Waals surface area contributed by atoms with Gasteiger partial charge in [0.2, 0.25) is 0 Å². The summed E-state index contributed by atoms with van der Waals surface area (Å²) in [6.45, 7) is 4.74. The van der Waals surface area contributed by atoms with E-state index >= 15 is 0 Å². The van der Waals surface area contributed by atoms with Crippen LogP contribution in [0.5, 0.6) is 0 Å². The van der Waals surface area contributed by atoms with Crippen molar-refractivity contribution in [3.05, 3.63) is 65.3 Å². The first-order valence-corrected chi connectivity index (χ1v) is 14.3. The van der Waals surface area contributed by atoms with Crippen LogP contribution in [-0.4, -0.2) is 60.1 Å². The Balaban J connectivity index is 1.13. The minimum atomic E-state index is -0.940. The molecule has 4 aromatic heterocycles. The molecule has 4 aromatic rings. The molecule has 42 heavy (non-hydrogen) atoms. The molecule has 2 aliphatic rings. The molecule has 1 aliphatic heterocycles. The summed E-state index contributed by atoms with van der Waals surface area (Å²) in [7, 11) is 1.59. The monoisotopic (exact) mass is 574 g/mol. The lowest BCUT2D eigenvalue weighted by Crippen LogP contribution is -2.50. The Morgan fingerprint density at radius 3 is 2.74 bits per heavy atom. The van der Waals surface area contributed by atoms with Crippen molar-refractivity contribution in [2.24, 2.45) is 0 Å². The van der Waals surface area contributed by atoms with Gasteiger partial charge < -0.3 is 20.7 Å². The molecule has 1 atom stereocenters. The number of nitrogens with one attached hydrogen (secondary N) is 4. The van der Waals surface area contributed by atoms with Gasteiger partial charge in [0, 0.05) is 43.1 Å². The summed E-state index contributed by atoms with van der Waals surface area (Å²) >= 11 is 0. The van der Waals surface area contributed by atoms with E-state index in [9.17, 15) is 9.18 Å². The Morgan fingerprint density at radius 1 is 1.24 bits per heavy atom. The van der Waals surface area contributed by atoms with E-state index in [0.29, 0.717) is 31.5 Å². The number of halogens is 1. The number of pyridine rings is 1. The SMILES string of the molecule is COC1(C(=O)N[C@@H](C)c2ccc(-n3cc(F)cn3)nc2)CCC(c2nc3c(c(Nc4cc(C)[nH]n4)n2)CCCN3)CC1. The second-order valence-electron chi connectivity index (χ2n) is 11.1. The number of ether oxygens (including phenoxy) is 1. The van der Waals surface area contributed by atoms with Crippen LogP contribution in [0.4, 0.5) is 21.8 Å². The fourth-order valence-corrected chi connectivity index (χ4v) is 5.74. The molecule has 1 aliphatic carbocycles. The van der Waals surface area contributed by atoms with E-state index in [-0.39, 0.29) is 17.9 Å². The van der Waals surface area contributed by atoms with Crippen molar-refractivity contribution in [2.45, 2.75) is 69.9 Å². The normalized spacial score (nSPS) is 20.8. The van der Waals surface area contributed by atoms with Crippen molar-refractivity contribution in [1.82, 2.24) is 40.2 Å². The number of rotatable bonds is 8. The van der Waals surface area contributed by atoms with Crippen molar-refractivity contribution in [2.75, 3.05) is 24.3 Å². The predicted molar refractivity (Wildman–Crippen MR) is 154 cm³/mol. The van der Waals surface area contributed by atoms with E-state index in [1.165, 1.54) is 10.9 Å². The Hall–Kier alpha value is -4.39. The number of fused-ring (bicyclic) bond motifs is 1. The van der Waals surface area contributed by atoms with Crippen LogP contribution in [0.25, 0.3) is 5.82 Å². The number of aromatic amines is 1. The molecule has 5 heterocycles. The van der Waals surface area contributed by atoms with Crippen molar-refractivity contribution < 1.29 is 13.9 Å². The Kier molecular flexibility index (Phi) is 7.58. The standard InChI is InChI=1S/C29H35FN10O2/c1-17-13-23(39-38-17)35-27-22-5-4-12-31-26(22)36-25(37-27)19-8-10-29(42-3,11-9-19)28(41)34-18(2)20-6-7-24(32-14-20)40-16-21(30)15-33-40/h6-7,13-16,18-19H,4-5,8-12H2,1-3H3,(H,34,41)(H3,31,35,36,37,38,39)/t18-,19?,29?/m0/s1. The molecule has 220 valence electrons. The van der Waals surface area contributed by atoms with Gasteiger partial charge in [0.25, 0.3) is 5.91 Å². The molecule has 0 aromatic carbocycles. The van der Waals surface area contributed by atoms with Crippen LogP contribution >= 0.6 is 0 Å². The van der Waals surface area contributed by atoms with Gasteiger partial charge in [0.1, 0.15) is 23.1 Å². The van der Waals surface area contributed by atoms with Crippen LogP contribution in [0.2, 0.25) is 0 Å². The van der Waals surface area contributed by atoms with Gasteiger partial charge in [0.15, 0.2) is 17.5 Å². The number of hydrogen-bond acceptors (Lipinski definition) is 9. The second-order valence-corrected chi connectivity index (χ2v) is 11.1. The highest BCUT2D eigenvalue weighted by Crippen LogP contribution is 2.41. The molecule has 4 N–H and O–H groups in total. The van der Waals surface area contributed by atoms with Gasteiger partial charge in [-0.2, -0.15) is 10.2 Å². The van der Waals surface area contributed by atoms with Gasteiger partial charge in [0.05, 0.1) is 18.4 Å². The minimum absolute atomic E-state index is 0.0953. The lowest BCUT2D eigenvalue weighted by Gasteiger charge is -2.38. The van der Waals surface area contributed by atoms with Crippen LogP contribution < -0.4 is 16.0 Å². The number of carbonyl (C=O) groups excluding carboxylic acids is 1. The second kappa shape index (κ2) is 11.5. The summed E-state index contributed by atoms with van der Waals surface area (Å²) in [5.74, 6) is 3.13. The summed E-state index contributed by atoms with van der Waals surface area (Å²) in [6.07, 6.45) is 8.48. The number of aromatic nitrogens is 7. The van der Waals surface area contributed by atoms with Crippen LogP contribution in [0, 0.1) is 12.7 Å². The third-order valence-corrected chi connectivity index (χ3v) is 8.24. The van der Waals surface area contributed by atoms with Gasteiger partial charge in [-0.25, -0.2) is 24.0 Å². The van der Waals surface area contributed by atoms with Gasteiger partial charge in [-0.1, -0.05) is 6.07 Å². The Morgan fingerprint density at radius 2 is 2.07 bits per heavy atom. The molecule has 1 saturated carbocycles. The molecular formula is C29H35FN10O2.